The lowest BCUT2D eigenvalue weighted by atomic mass is 10.0. The Morgan fingerprint density at radius 1 is 1.18 bits per heavy atom. The van der Waals surface area contributed by atoms with E-state index in [1.165, 1.54) is 11.1 Å². The second kappa shape index (κ2) is 6.95. The number of hydrogen-bond donors (Lipinski definition) is 1. The van der Waals surface area contributed by atoms with E-state index in [2.05, 4.69) is 62.5 Å². The van der Waals surface area contributed by atoms with Gasteiger partial charge in [-0.3, -0.25) is 0 Å². The van der Waals surface area contributed by atoms with Crippen molar-refractivity contribution >= 4 is 5.70 Å². The molecular formula is C16H23N. The number of nitrogens with one attached hydrogen (secondary N) is 1. The van der Waals surface area contributed by atoms with E-state index in [0.29, 0.717) is 0 Å². The molecule has 1 rings (SSSR count). The molecular weight excluding hydrogens is 206 g/mol. The van der Waals surface area contributed by atoms with Crippen LogP contribution in [0.15, 0.2) is 48.1 Å². The minimum Gasteiger partial charge on any atom is -0.388 e. The van der Waals surface area contributed by atoms with Crippen molar-refractivity contribution in [1.82, 2.24) is 5.32 Å². The van der Waals surface area contributed by atoms with Crippen LogP contribution >= 0.6 is 0 Å². The standard InChI is InChI=1S/C16H23N/c1-13(2)12-14(3)10-11-16(17-4)15-8-6-5-7-9-15/h5-11,13,17H,12H2,1-4H3/b14-10+,16-11-. The Bertz CT molecular complexity index is 385. The maximum absolute atomic E-state index is 3.24. The molecule has 0 fully saturated rings. The molecule has 92 valence electrons. The Labute approximate surface area is 105 Å². The SMILES string of the molecule is CN/C(=C\C=C(/C)CC(C)C)c1ccccc1. The molecule has 0 heterocycles. The summed E-state index contributed by atoms with van der Waals surface area (Å²) in [6.07, 6.45) is 5.52. The molecule has 1 aromatic rings. The van der Waals surface area contributed by atoms with E-state index < -0.39 is 0 Å². The van der Waals surface area contributed by atoms with Gasteiger partial charge in [-0.1, -0.05) is 55.8 Å². The molecule has 0 unspecified atom stereocenters. The summed E-state index contributed by atoms with van der Waals surface area (Å²) < 4.78 is 0. The van der Waals surface area contributed by atoms with Gasteiger partial charge in [0.1, 0.15) is 0 Å². The Hall–Kier alpha value is -1.50. The monoisotopic (exact) mass is 229 g/mol. The van der Waals surface area contributed by atoms with Crippen molar-refractivity contribution in [3.8, 4) is 0 Å². The van der Waals surface area contributed by atoms with Gasteiger partial charge in [0.25, 0.3) is 0 Å². The second-order valence-corrected chi connectivity index (χ2v) is 4.81. The highest BCUT2D eigenvalue weighted by Crippen LogP contribution is 2.13. The van der Waals surface area contributed by atoms with E-state index in [-0.39, 0.29) is 0 Å². The van der Waals surface area contributed by atoms with Crippen molar-refractivity contribution in [2.75, 3.05) is 7.05 Å². The summed E-state index contributed by atoms with van der Waals surface area (Å²) in [4.78, 5) is 0. The third-order valence-corrected chi connectivity index (χ3v) is 2.62. The van der Waals surface area contributed by atoms with Crippen LogP contribution in [0.5, 0.6) is 0 Å². The molecule has 17 heavy (non-hydrogen) atoms. The van der Waals surface area contributed by atoms with E-state index in [1.807, 2.05) is 13.1 Å². The molecule has 0 amide bonds. The normalized spacial score (nSPS) is 13.0. The highest BCUT2D eigenvalue weighted by Gasteiger charge is 1.97. The van der Waals surface area contributed by atoms with Gasteiger partial charge in [-0.25, -0.2) is 0 Å². The van der Waals surface area contributed by atoms with Crippen molar-refractivity contribution in [1.29, 1.82) is 0 Å². The number of hydrogen-bond acceptors (Lipinski definition) is 1. The van der Waals surface area contributed by atoms with Crippen LogP contribution in [0.25, 0.3) is 5.70 Å². The fourth-order valence-corrected chi connectivity index (χ4v) is 1.88. The summed E-state index contributed by atoms with van der Waals surface area (Å²) in [7, 11) is 1.96. The minimum atomic E-state index is 0.717. The molecule has 1 N–H and O–H groups in total. The minimum absolute atomic E-state index is 0.717. The first-order chi connectivity index (χ1) is 8.13. The molecule has 0 saturated heterocycles. The van der Waals surface area contributed by atoms with Crippen LogP contribution in [-0.2, 0) is 0 Å². The van der Waals surface area contributed by atoms with Gasteiger partial charge < -0.3 is 5.32 Å². The number of benzene rings is 1. The highest BCUT2D eigenvalue weighted by atomic mass is 14.8. The van der Waals surface area contributed by atoms with Crippen molar-refractivity contribution in [3.63, 3.8) is 0 Å². The Morgan fingerprint density at radius 2 is 1.82 bits per heavy atom. The van der Waals surface area contributed by atoms with Gasteiger partial charge in [0.2, 0.25) is 0 Å². The summed E-state index contributed by atoms with van der Waals surface area (Å²) in [5, 5.41) is 3.24. The fourth-order valence-electron chi connectivity index (χ4n) is 1.88. The molecule has 0 aromatic heterocycles. The fraction of sp³-hybridized carbons (Fsp3) is 0.375. The van der Waals surface area contributed by atoms with Crippen LogP contribution in [-0.4, -0.2) is 7.05 Å². The summed E-state index contributed by atoms with van der Waals surface area (Å²) >= 11 is 0. The lowest BCUT2D eigenvalue weighted by molar-refractivity contribution is 0.642. The van der Waals surface area contributed by atoms with Gasteiger partial charge in [0.15, 0.2) is 0 Å². The molecule has 0 bridgehead atoms. The lowest BCUT2D eigenvalue weighted by Gasteiger charge is -2.07. The Morgan fingerprint density at radius 3 is 2.35 bits per heavy atom. The highest BCUT2D eigenvalue weighted by molar-refractivity contribution is 5.65. The van der Waals surface area contributed by atoms with E-state index >= 15 is 0 Å². The lowest BCUT2D eigenvalue weighted by Crippen LogP contribution is -2.03. The van der Waals surface area contributed by atoms with Crippen LogP contribution < -0.4 is 5.32 Å². The van der Waals surface area contributed by atoms with Crippen LogP contribution in [0.3, 0.4) is 0 Å². The molecule has 1 aromatic carbocycles. The molecule has 0 aliphatic heterocycles. The topological polar surface area (TPSA) is 12.0 Å². The van der Waals surface area contributed by atoms with Crippen LogP contribution in [0.1, 0.15) is 32.8 Å². The van der Waals surface area contributed by atoms with Crippen LogP contribution in [0.2, 0.25) is 0 Å². The van der Waals surface area contributed by atoms with Gasteiger partial charge in [0.05, 0.1) is 0 Å². The predicted octanol–water partition coefficient (Wildman–Crippen LogP) is 4.24. The van der Waals surface area contributed by atoms with Crippen molar-refractivity contribution in [3.05, 3.63) is 53.6 Å². The van der Waals surface area contributed by atoms with E-state index in [9.17, 15) is 0 Å². The van der Waals surface area contributed by atoms with Crippen LogP contribution in [0, 0.1) is 5.92 Å². The summed E-state index contributed by atoms with van der Waals surface area (Å²) in [6.45, 7) is 6.68. The first-order valence-electron chi connectivity index (χ1n) is 6.24. The molecule has 0 spiro atoms. The first kappa shape index (κ1) is 13.6. The predicted molar refractivity (Wildman–Crippen MR) is 76.7 cm³/mol. The number of rotatable bonds is 5. The molecule has 0 aliphatic rings. The maximum Gasteiger partial charge on any atom is 0.0411 e. The third-order valence-electron chi connectivity index (χ3n) is 2.62. The smallest absolute Gasteiger partial charge is 0.0411 e. The molecule has 0 saturated carbocycles. The Balaban J connectivity index is 2.81. The first-order valence-corrected chi connectivity index (χ1v) is 6.24. The summed E-state index contributed by atoms with van der Waals surface area (Å²) in [5.74, 6) is 0.717. The van der Waals surface area contributed by atoms with E-state index in [1.54, 1.807) is 0 Å². The van der Waals surface area contributed by atoms with E-state index in [4.69, 9.17) is 0 Å². The van der Waals surface area contributed by atoms with Gasteiger partial charge in [-0.05, 0) is 30.9 Å². The molecule has 0 atom stereocenters. The van der Waals surface area contributed by atoms with Crippen molar-refractivity contribution in [2.45, 2.75) is 27.2 Å². The van der Waals surface area contributed by atoms with Crippen molar-refractivity contribution in [2.24, 2.45) is 5.92 Å². The average molecular weight is 229 g/mol. The quantitative estimate of drug-likeness (QED) is 0.745. The van der Waals surface area contributed by atoms with Gasteiger partial charge in [-0.15, -0.1) is 0 Å². The third kappa shape index (κ3) is 4.90. The number of allylic oxidation sites excluding steroid dienone is 3. The summed E-state index contributed by atoms with van der Waals surface area (Å²) in [6, 6.07) is 10.4. The van der Waals surface area contributed by atoms with Crippen molar-refractivity contribution < 1.29 is 0 Å². The zero-order chi connectivity index (χ0) is 12.7. The Kier molecular flexibility index (Phi) is 5.55. The zero-order valence-electron chi connectivity index (χ0n) is 11.3. The average Bonchev–Trinajstić information content (AvgIpc) is 2.30. The van der Waals surface area contributed by atoms with Gasteiger partial charge in [-0.2, -0.15) is 0 Å². The second-order valence-electron chi connectivity index (χ2n) is 4.81. The zero-order valence-corrected chi connectivity index (χ0v) is 11.3. The summed E-state index contributed by atoms with van der Waals surface area (Å²) in [5.41, 5.74) is 3.81. The van der Waals surface area contributed by atoms with E-state index in [0.717, 1.165) is 18.0 Å². The molecule has 0 aliphatic carbocycles. The molecule has 1 nitrogen and oxygen atoms in total. The molecule has 1 heteroatoms. The maximum atomic E-state index is 3.24. The van der Waals surface area contributed by atoms with Gasteiger partial charge in [0, 0.05) is 12.7 Å². The van der Waals surface area contributed by atoms with Crippen LogP contribution in [0.4, 0.5) is 0 Å². The molecule has 0 radical (unpaired) electrons. The van der Waals surface area contributed by atoms with Gasteiger partial charge >= 0.3 is 0 Å². The largest absolute Gasteiger partial charge is 0.388 e.